The maximum absolute atomic E-state index is 5.85. The Bertz CT molecular complexity index is 799. The molecule has 0 bridgehead atoms. The molecule has 5 nitrogen and oxygen atoms in total. The van der Waals surface area contributed by atoms with Crippen molar-refractivity contribution in [2.24, 2.45) is 5.92 Å². The van der Waals surface area contributed by atoms with Crippen molar-refractivity contribution < 1.29 is 9.47 Å². The number of aromatic nitrogens is 1. The van der Waals surface area contributed by atoms with Crippen molar-refractivity contribution in [1.29, 1.82) is 0 Å². The van der Waals surface area contributed by atoms with E-state index in [0.29, 0.717) is 18.5 Å². The van der Waals surface area contributed by atoms with Gasteiger partial charge in [0.2, 0.25) is 6.79 Å². The molecule has 0 unspecified atom stereocenters. The number of hydrogen-bond donors (Lipinski definition) is 1. The third-order valence-corrected chi connectivity index (χ3v) is 5.76. The topological polar surface area (TPSA) is 46.6 Å². The third kappa shape index (κ3) is 4.16. The molecular weight excluding hydrogens is 358 g/mol. The van der Waals surface area contributed by atoms with Crippen LogP contribution in [-0.2, 0) is 6.54 Å². The van der Waals surface area contributed by atoms with E-state index in [9.17, 15) is 0 Å². The second-order valence-electron chi connectivity index (χ2n) is 7.30. The summed E-state index contributed by atoms with van der Waals surface area (Å²) >= 11 is 5.85. The van der Waals surface area contributed by atoms with Gasteiger partial charge in [0.15, 0.2) is 16.6 Å². The lowest BCUT2D eigenvalue weighted by atomic mass is 9.86. The van der Waals surface area contributed by atoms with E-state index >= 15 is 0 Å². The summed E-state index contributed by atoms with van der Waals surface area (Å²) in [4.78, 5) is 6.25. The number of pyridine rings is 1. The molecule has 0 spiro atoms. The smallest absolute Gasteiger partial charge is 0.231 e. The first-order valence-electron chi connectivity index (χ1n) is 9.57. The summed E-state index contributed by atoms with van der Waals surface area (Å²) in [7, 11) is 0. The van der Waals surface area contributed by atoms with E-state index < -0.39 is 0 Å². The number of thiocarbonyl (C=S) groups is 1. The number of fused-ring (bicyclic) bond motifs is 1. The maximum Gasteiger partial charge on any atom is 0.231 e. The molecule has 0 radical (unpaired) electrons. The Hall–Kier alpha value is -2.34. The zero-order valence-electron chi connectivity index (χ0n) is 15.6. The fourth-order valence-corrected chi connectivity index (χ4v) is 4.09. The molecule has 2 atom stereocenters. The van der Waals surface area contributed by atoms with Crippen LogP contribution < -0.4 is 19.7 Å². The molecule has 1 saturated carbocycles. The molecule has 1 N–H and O–H groups in total. The minimum atomic E-state index is 0.269. The largest absolute Gasteiger partial charge is 0.454 e. The molecule has 6 heteroatoms. The van der Waals surface area contributed by atoms with Gasteiger partial charge in [-0.2, -0.15) is 0 Å². The summed E-state index contributed by atoms with van der Waals surface area (Å²) in [5.41, 5.74) is 2.15. The van der Waals surface area contributed by atoms with Gasteiger partial charge >= 0.3 is 0 Å². The number of hydrogen-bond acceptors (Lipinski definition) is 4. The van der Waals surface area contributed by atoms with Gasteiger partial charge in [0, 0.05) is 30.2 Å². The van der Waals surface area contributed by atoms with Gasteiger partial charge in [0.05, 0.1) is 6.54 Å². The average molecular weight is 384 g/mol. The van der Waals surface area contributed by atoms with Gasteiger partial charge in [-0.3, -0.25) is 4.98 Å². The van der Waals surface area contributed by atoms with E-state index in [1.165, 1.54) is 25.7 Å². The first-order valence-corrected chi connectivity index (χ1v) is 9.98. The second-order valence-corrected chi connectivity index (χ2v) is 7.68. The number of ether oxygens (including phenoxy) is 2. The highest BCUT2D eigenvalue weighted by molar-refractivity contribution is 7.80. The van der Waals surface area contributed by atoms with Crippen LogP contribution in [0.2, 0.25) is 0 Å². The molecule has 142 valence electrons. The Balaban J connectivity index is 1.58. The van der Waals surface area contributed by atoms with Crippen molar-refractivity contribution in [1.82, 2.24) is 10.3 Å². The summed E-state index contributed by atoms with van der Waals surface area (Å²) in [6.07, 6.45) is 8.63. The minimum Gasteiger partial charge on any atom is -0.454 e. The van der Waals surface area contributed by atoms with Gasteiger partial charge in [0.25, 0.3) is 0 Å². The van der Waals surface area contributed by atoms with Crippen molar-refractivity contribution in [2.45, 2.75) is 45.2 Å². The van der Waals surface area contributed by atoms with Crippen LogP contribution >= 0.6 is 12.2 Å². The van der Waals surface area contributed by atoms with E-state index in [1.54, 1.807) is 0 Å². The summed E-state index contributed by atoms with van der Waals surface area (Å²) in [5.74, 6) is 2.18. The van der Waals surface area contributed by atoms with Crippen LogP contribution in [0.25, 0.3) is 0 Å². The van der Waals surface area contributed by atoms with Crippen molar-refractivity contribution in [3.05, 3.63) is 48.3 Å². The van der Waals surface area contributed by atoms with Gasteiger partial charge in [0.1, 0.15) is 0 Å². The average Bonchev–Trinajstić information content (AvgIpc) is 3.16. The maximum atomic E-state index is 5.85. The van der Waals surface area contributed by atoms with Crippen molar-refractivity contribution in [3.63, 3.8) is 0 Å². The SMILES string of the molecule is C[C@@H]1CCCC[C@@H]1NC(=S)N(Cc1ccncc1)c1ccc2c(c1)OCO2. The van der Waals surface area contributed by atoms with Crippen molar-refractivity contribution in [3.8, 4) is 11.5 Å². The Morgan fingerprint density at radius 2 is 1.93 bits per heavy atom. The van der Waals surface area contributed by atoms with Gasteiger partial charge in [-0.1, -0.05) is 19.8 Å². The normalized spacial score (nSPS) is 20.9. The molecule has 2 aromatic rings. The van der Waals surface area contributed by atoms with Crippen LogP contribution in [0.3, 0.4) is 0 Å². The number of rotatable bonds is 4. The fraction of sp³-hybridized carbons (Fsp3) is 0.429. The van der Waals surface area contributed by atoms with Crippen LogP contribution in [0, 0.1) is 5.92 Å². The lowest BCUT2D eigenvalue weighted by molar-refractivity contribution is 0.174. The molecule has 1 aliphatic carbocycles. The van der Waals surface area contributed by atoms with Crippen LogP contribution in [0.1, 0.15) is 38.2 Å². The van der Waals surface area contributed by atoms with Crippen LogP contribution in [0.15, 0.2) is 42.7 Å². The highest BCUT2D eigenvalue weighted by Gasteiger charge is 2.25. The molecule has 1 aliphatic heterocycles. The van der Waals surface area contributed by atoms with Crippen LogP contribution in [0.5, 0.6) is 11.5 Å². The fourth-order valence-electron chi connectivity index (χ4n) is 3.77. The summed E-state index contributed by atoms with van der Waals surface area (Å²) < 4.78 is 11.0. The molecule has 1 aromatic carbocycles. The Morgan fingerprint density at radius 1 is 1.15 bits per heavy atom. The highest BCUT2D eigenvalue weighted by Crippen LogP contribution is 2.36. The number of anilines is 1. The zero-order valence-corrected chi connectivity index (χ0v) is 16.4. The molecular formula is C21H25N3O2S. The van der Waals surface area contributed by atoms with Gasteiger partial charge in [-0.15, -0.1) is 0 Å². The van der Waals surface area contributed by atoms with Gasteiger partial charge < -0.3 is 19.7 Å². The standard InChI is InChI=1S/C21H25N3O2S/c1-15-4-2-3-5-18(15)23-21(27)24(13-16-8-10-22-11-9-16)17-6-7-19-20(12-17)26-14-25-19/h6-12,15,18H,2-5,13-14H2,1H3,(H,23,27)/t15-,18+/m1/s1. The Labute approximate surface area is 165 Å². The van der Waals surface area contributed by atoms with E-state index in [0.717, 1.165) is 27.9 Å². The molecule has 27 heavy (non-hydrogen) atoms. The first kappa shape index (κ1) is 18.0. The molecule has 0 amide bonds. The second kappa shape index (κ2) is 8.13. The minimum absolute atomic E-state index is 0.269. The van der Waals surface area contributed by atoms with Crippen molar-refractivity contribution >= 4 is 23.0 Å². The van der Waals surface area contributed by atoms with E-state index in [4.69, 9.17) is 21.7 Å². The quantitative estimate of drug-likeness (QED) is 0.796. The summed E-state index contributed by atoms with van der Waals surface area (Å²) in [6.45, 7) is 3.26. The lowest BCUT2D eigenvalue weighted by Gasteiger charge is -2.34. The predicted molar refractivity (Wildman–Crippen MR) is 110 cm³/mol. The number of nitrogens with zero attached hydrogens (tertiary/aromatic N) is 2. The Morgan fingerprint density at radius 3 is 2.74 bits per heavy atom. The summed E-state index contributed by atoms with van der Waals surface area (Å²) in [6, 6.07) is 10.5. The summed E-state index contributed by atoms with van der Waals surface area (Å²) in [5, 5.41) is 4.38. The molecule has 1 aromatic heterocycles. The predicted octanol–water partition coefficient (Wildman–Crippen LogP) is 4.27. The van der Waals surface area contributed by atoms with Crippen molar-refractivity contribution in [2.75, 3.05) is 11.7 Å². The van der Waals surface area contributed by atoms with Crippen LogP contribution in [-0.4, -0.2) is 22.9 Å². The molecule has 1 fully saturated rings. The number of nitrogens with one attached hydrogen (secondary N) is 1. The zero-order chi connectivity index (χ0) is 18.6. The molecule has 2 aliphatic rings. The van der Waals surface area contributed by atoms with Crippen LogP contribution in [0.4, 0.5) is 5.69 Å². The number of benzene rings is 1. The molecule has 4 rings (SSSR count). The monoisotopic (exact) mass is 383 g/mol. The van der Waals surface area contributed by atoms with E-state index in [-0.39, 0.29) is 6.79 Å². The molecule has 2 heterocycles. The highest BCUT2D eigenvalue weighted by atomic mass is 32.1. The first-order chi connectivity index (χ1) is 13.2. The van der Waals surface area contributed by atoms with E-state index in [2.05, 4.69) is 22.1 Å². The molecule has 0 saturated heterocycles. The van der Waals surface area contributed by atoms with E-state index in [1.807, 2.05) is 42.7 Å². The lowest BCUT2D eigenvalue weighted by Crippen LogP contribution is -2.47. The Kier molecular flexibility index (Phi) is 5.43. The third-order valence-electron chi connectivity index (χ3n) is 5.42. The van der Waals surface area contributed by atoms with Gasteiger partial charge in [-0.25, -0.2) is 0 Å². The van der Waals surface area contributed by atoms with Gasteiger partial charge in [-0.05, 0) is 60.8 Å².